The summed E-state index contributed by atoms with van der Waals surface area (Å²) in [4.78, 5) is 12.2. The van der Waals surface area contributed by atoms with E-state index in [1.165, 1.54) is 5.56 Å². The van der Waals surface area contributed by atoms with Crippen molar-refractivity contribution in [3.05, 3.63) is 53.6 Å². The molecule has 5 heteroatoms. The van der Waals surface area contributed by atoms with Crippen molar-refractivity contribution >= 4 is 5.91 Å². The van der Waals surface area contributed by atoms with Crippen molar-refractivity contribution in [1.29, 1.82) is 0 Å². The summed E-state index contributed by atoms with van der Waals surface area (Å²) >= 11 is 0. The van der Waals surface area contributed by atoms with Crippen LogP contribution in [0.1, 0.15) is 24.5 Å². The van der Waals surface area contributed by atoms with Gasteiger partial charge in [-0.2, -0.15) is 0 Å². The smallest absolute Gasteiger partial charge is 0.220 e. The van der Waals surface area contributed by atoms with Crippen LogP contribution in [0.25, 0.3) is 0 Å². The van der Waals surface area contributed by atoms with Crippen molar-refractivity contribution in [2.45, 2.75) is 26.2 Å². The van der Waals surface area contributed by atoms with Crippen LogP contribution in [0, 0.1) is 5.92 Å². The molecule has 0 aliphatic heterocycles. The molecule has 0 radical (unpaired) electrons. The predicted molar refractivity (Wildman–Crippen MR) is 107 cm³/mol. The quantitative estimate of drug-likeness (QED) is 0.693. The third-order valence-electron chi connectivity index (χ3n) is 4.46. The normalized spacial score (nSPS) is 11.6. The van der Waals surface area contributed by atoms with Crippen LogP contribution in [0.5, 0.6) is 17.2 Å². The number of benzene rings is 2. The summed E-state index contributed by atoms with van der Waals surface area (Å²) in [6, 6.07) is 13.8. The Labute approximate surface area is 161 Å². The Bertz CT molecular complexity index is 728. The lowest BCUT2D eigenvalue weighted by molar-refractivity contribution is -0.121. The van der Waals surface area contributed by atoms with E-state index < -0.39 is 0 Å². The largest absolute Gasteiger partial charge is 0.497 e. The maximum Gasteiger partial charge on any atom is 0.220 e. The number of rotatable bonds is 10. The zero-order valence-corrected chi connectivity index (χ0v) is 16.6. The van der Waals surface area contributed by atoms with Crippen LogP contribution in [0.15, 0.2) is 42.5 Å². The van der Waals surface area contributed by atoms with E-state index in [1.54, 1.807) is 21.3 Å². The first-order valence-electron chi connectivity index (χ1n) is 9.16. The number of hydrogen-bond acceptors (Lipinski definition) is 4. The molecule has 1 N–H and O–H groups in total. The summed E-state index contributed by atoms with van der Waals surface area (Å²) in [5.41, 5.74) is 2.31. The number of nitrogens with one attached hydrogen (secondary N) is 1. The summed E-state index contributed by atoms with van der Waals surface area (Å²) in [6.07, 6.45) is 2.13. The van der Waals surface area contributed by atoms with Gasteiger partial charge in [-0.05, 0) is 54.2 Å². The van der Waals surface area contributed by atoms with E-state index in [-0.39, 0.29) is 11.8 Å². The van der Waals surface area contributed by atoms with Crippen molar-refractivity contribution in [2.24, 2.45) is 5.92 Å². The molecule has 0 spiro atoms. The first kappa shape index (κ1) is 20.6. The minimum absolute atomic E-state index is 0.0801. The summed E-state index contributed by atoms with van der Waals surface area (Å²) in [7, 11) is 4.89. The first-order chi connectivity index (χ1) is 13.0. The standard InChI is InChI=1S/C22H29NO4/c1-16(13-17-5-8-19(25-2)9-6-17)14-22(24)23-12-11-18-7-10-20(26-3)21(15-18)27-4/h5-10,15-16H,11-14H2,1-4H3,(H,23,24). The Morgan fingerprint density at radius 2 is 1.59 bits per heavy atom. The fraction of sp³-hybridized carbons (Fsp3) is 0.409. The zero-order chi connectivity index (χ0) is 19.6. The number of carbonyl (C=O) groups is 1. The molecule has 1 atom stereocenters. The Balaban J connectivity index is 1.75. The third kappa shape index (κ3) is 6.51. The van der Waals surface area contributed by atoms with E-state index in [9.17, 15) is 4.79 Å². The molecule has 0 bridgehead atoms. The Morgan fingerprint density at radius 3 is 2.22 bits per heavy atom. The average Bonchev–Trinajstić information content (AvgIpc) is 2.68. The number of carbonyl (C=O) groups excluding carboxylic acids is 1. The molecular formula is C22H29NO4. The fourth-order valence-electron chi connectivity index (χ4n) is 3.01. The molecular weight excluding hydrogens is 342 g/mol. The van der Waals surface area contributed by atoms with Gasteiger partial charge in [-0.3, -0.25) is 4.79 Å². The molecule has 0 fully saturated rings. The maximum atomic E-state index is 12.2. The molecule has 2 rings (SSSR count). The fourth-order valence-corrected chi connectivity index (χ4v) is 3.01. The third-order valence-corrected chi connectivity index (χ3v) is 4.46. The molecule has 0 aliphatic carbocycles. The van der Waals surface area contributed by atoms with Gasteiger partial charge in [0.15, 0.2) is 11.5 Å². The summed E-state index contributed by atoms with van der Waals surface area (Å²) in [6.45, 7) is 2.70. The van der Waals surface area contributed by atoms with Crippen LogP contribution in [-0.4, -0.2) is 33.8 Å². The topological polar surface area (TPSA) is 56.8 Å². The second kappa shape index (κ2) is 10.5. The number of methoxy groups -OCH3 is 3. The Kier molecular flexibility index (Phi) is 7.99. The van der Waals surface area contributed by atoms with Crippen molar-refractivity contribution in [3.8, 4) is 17.2 Å². The van der Waals surface area contributed by atoms with E-state index in [0.29, 0.717) is 24.5 Å². The van der Waals surface area contributed by atoms with E-state index in [4.69, 9.17) is 14.2 Å². The highest BCUT2D eigenvalue weighted by atomic mass is 16.5. The van der Waals surface area contributed by atoms with Gasteiger partial charge in [0, 0.05) is 13.0 Å². The second-order valence-corrected chi connectivity index (χ2v) is 6.65. The highest BCUT2D eigenvalue weighted by Crippen LogP contribution is 2.27. The summed E-state index contributed by atoms with van der Waals surface area (Å²) < 4.78 is 15.7. The Morgan fingerprint density at radius 1 is 0.926 bits per heavy atom. The van der Waals surface area contributed by atoms with E-state index in [2.05, 4.69) is 12.2 Å². The summed E-state index contributed by atoms with van der Waals surface area (Å²) in [5.74, 6) is 2.61. The highest BCUT2D eigenvalue weighted by Gasteiger charge is 2.10. The van der Waals surface area contributed by atoms with Crippen molar-refractivity contribution in [1.82, 2.24) is 5.32 Å². The second-order valence-electron chi connectivity index (χ2n) is 6.65. The predicted octanol–water partition coefficient (Wildman–Crippen LogP) is 3.64. The molecule has 0 saturated carbocycles. The zero-order valence-electron chi connectivity index (χ0n) is 16.6. The van der Waals surface area contributed by atoms with E-state index in [1.807, 2.05) is 42.5 Å². The lowest BCUT2D eigenvalue weighted by Crippen LogP contribution is -2.27. The molecule has 5 nitrogen and oxygen atoms in total. The Hall–Kier alpha value is -2.69. The molecule has 2 aromatic carbocycles. The van der Waals surface area contributed by atoms with E-state index >= 15 is 0 Å². The first-order valence-corrected chi connectivity index (χ1v) is 9.16. The highest BCUT2D eigenvalue weighted by molar-refractivity contribution is 5.76. The molecule has 146 valence electrons. The molecule has 0 aliphatic rings. The van der Waals surface area contributed by atoms with Gasteiger partial charge >= 0.3 is 0 Å². The van der Waals surface area contributed by atoms with Gasteiger partial charge in [-0.1, -0.05) is 25.1 Å². The van der Waals surface area contributed by atoms with Crippen LogP contribution >= 0.6 is 0 Å². The summed E-state index contributed by atoms with van der Waals surface area (Å²) in [5, 5.41) is 3.00. The minimum atomic E-state index is 0.0801. The maximum absolute atomic E-state index is 12.2. The molecule has 1 amide bonds. The molecule has 27 heavy (non-hydrogen) atoms. The molecule has 0 heterocycles. The lowest BCUT2D eigenvalue weighted by atomic mass is 9.97. The minimum Gasteiger partial charge on any atom is -0.497 e. The molecule has 0 aromatic heterocycles. The number of amides is 1. The van der Waals surface area contributed by atoms with Gasteiger partial charge in [-0.15, -0.1) is 0 Å². The average molecular weight is 371 g/mol. The van der Waals surface area contributed by atoms with Crippen LogP contribution in [0.2, 0.25) is 0 Å². The van der Waals surface area contributed by atoms with Crippen molar-refractivity contribution < 1.29 is 19.0 Å². The van der Waals surface area contributed by atoms with Crippen LogP contribution in [0.4, 0.5) is 0 Å². The van der Waals surface area contributed by atoms with Gasteiger partial charge in [0.05, 0.1) is 21.3 Å². The molecule has 0 saturated heterocycles. The lowest BCUT2D eigenvalue weighted by Gasteiger charge is -2.13. The molecule has 2 aromatic rings. The molecule has 1 unspecified atom stereocenters. The van der Waals surface area contributed by atoms with Crippen LogP contribution in [-0.2, 0) is 17.6 Å². The van der Waals surface area contributed by atoms with Gasteiger partial charge in [0.2, 0.25) is 5.91 Å². The van der Waals surface area contributed by atoms with Gasteiger partial charge < -0.3 is 19.5 Å². The van der Waals surface area contributed by atoms with E-state index in [0.717, 1.165) is 24.2 Å². The van der Waals surface area contributed by atoms with Crippen LogP contribution < -0.4 is 19.5 Å². The van der Waals surface area contributed by atoms with Crippen molar-refractivity contribution in [3.63, 3.8) is 0 Å². The van der Waals surface area contributed by atoms with Gasteiger partial charge in [-0.25, -0.2) is 0 Å². The van der Waals surface area contributed by atoms with Gasteiger partial charge in [0.25, 0.3) is 0 Å². The monoisotopic (exact) mass is 371 g/mol. The van der Waals surface area contributed by atoms with Gasteiger partial charge in [0.1, 0.15) is 5.75 Å². The van der Waals surface area contributed by atoms with Crippen LogP contribution in [0.3, 0.4) is 0 Å². The van der Waals surface area contributed by atoms with Crippen molar-refractivity contribution in [2.75, 3.05) is 27.9 Å². The SMILES string of the molecule is COc1ccc(CC(C)CC(=O)NCCc2ccc(OC)c(OC)c2)cc1. The number of ether oxygens (including phenoxy) is 3. The number of hydrogen-bond donors (Lipinski definition) is 1.